The van der Waals surface area contributed by atoms with Crippen molar-refractivity contribution in [1.29, 1.82) is 0 Å². The Labute approximate surface area is 94.1 Å². The lowest BCUT2D eigenvalue weighted by molar-refractivity contribution is 0.0931. The van der Waals surface area contributed by atoms with E-state index in [4.69, 9.17) is 15.7 Å². The molecule has 1 unspecified atom stereocenters. The second-order valence-electron chi connectivity index (χ2n) is 3.39. The molecule has 1 atom stereocenters. The van der Waals surface area contributed by atoms with Gasteiger partial charge in [0.05, 0.1) is 0 Å². The zero-order valence-corrected chi connectivity index (χ0v) is 9.32. The summed E-state index contributed by atoms with van der Waals surface area (Å²) >= 11 is 0. The summed E-state index contributed by atoms with van der Waals surface area (Å²) < 4.78 is 9.74. The van der Waals surface area contributed by atoms with Crippen LogP contribution in [-0.2, 0) is 11.3 Å². The van der Waals surface area contributed by atoms with Crippen LogP contribution in [0, 0.1) is 12.3 Å². The molecule has 5 heteroatoms. The highest BCUT2D eigenvalue weighted by Gasteiger charge is 2.14. The number of aromatic nitrogens is 1. The lowest BCUT2D eigenvalue weighted by Crippen LogP contribution is -2.32. The normalized spacial score (nSPS) is 11.8. The number of rotatable bonds is 5. The first-order valence-corrected chi connectivity index (χ1v) is 4.86. The standard InChI is InChI=1S/C11H14N2O3/c1-4-5-8(2)12-11(14)10-6-9(7-15-3)16-13-10/h1,6,8H,5,7H2,2-3H3,(H,12,14). The Bertz CT molecular complexity index is 392. The van der Waals surface area contributed by atoms with Gasteiger partial charge in [-0.25, -0.2) is 0 Å². The number of amides is 1. The van der Waals surface area contributed by atoms with Crippen LogP contribution in [0.25, 0.3) is 0 Å². The molecule has 0 aliphatic carbocycles. The predicted molar refractivity (Wildman–Crippen MR) is 57.6 cm³/mol. The first-order valence-electron chi connectivity index (χ1n) is 4.86. The van der Waals surface area contributed by atoms with E-state index in [9.17, 15) is 4.79 Å². The fourth-order valence-electron chi connectivity index (χ4n) is 1.16. The molecule has 1 N–H and O–H groups in total. The summed E-state index contributed by atoms with van der Waals surface area (Å²) in [6.45, 7) is 2.12. The molecule has 5 nitrogen and oxygen atoms in total. The third-order valence-electron chi connectivity index (χ3n) is 1.88. The predicted octanol–water partition coefficient (Wildman–Crippen LogP) is 0.963. The van der Waals surface area contributed by atoms with Gasteiger partial charge in [-0.3, -0.25) is 4.79 Å². The molecule has 1 aromatic heterocycles. The highest BCUT2D eigenvalue weighted by Crippen LogP contribution is 2.05. The molecule has 0 aromatic carbocycles. The molecule has 1 aromatic rings. The van der Waals surface area contributed by atoms with Gasteiger partial charge in [0.2, 0.25) is 0 Å². The molecule has 0 saturated carbocycles. The molecule has 0 aliphatic rings. The SMILES string of the molecule is C#CCC(C)NC(=O)c1cc(COC)on1. The van der Waals surface area contributed by atoms with Gasteiger partial charge < -0.3 is 14.6 Å². The van der Waals surface area contributed by atoms with E-state index in [1.165, 1.54) is 7.11 Å². The van der Waals surface area contributed by atoms with Gasteiger partial charge in [0.25, 0.3) is 5.91 Å². The summed E-state index contributed by atoms with van der Waals surface area (Å²) in [5.74, 6) is 2.69. The summed E-state index contributed by atoms with van der Waals surface area (Å²) in [4.78, 5) is 11.6. The topological polar surface area (TPSA) is 64.4 Å². The van der Waals surface area contributed by atoms with E-state index in [1.54, 1.807) is 6.07 Å². The summed E-state index contributed by atoms with van der Waals surface area (Å²) in [7, 11) is 1.54. The molecule has 1 rings (SSSR count). The van der Waals surface area contributed by atoms with Crippen LogP contribution in [0.2, 0.25) is 0 Å². The van der Waals surface area contributed by atoms with Crippen LogP contribution < -0.4 is 5.32 Å². The van der Waals surface area contributed by atoms with E-state index in [0.717, 1.165) is 0 Å². The minimum Gasteiger partial charge on any atom is -0.377 e. The molecule has 1 amide bonds. The smallest absolute Gasteiger partial charge is 0.273 e. The quantitative estimate of drug-likeness (QED) is 0.754. The van der Waals surface area contributed by atoms with Crippen LogP contribution in [-0.4, -0.2) is 24.2 Å². The van der Waals surface area contributed by atoms with Crippen molar-refractivity contribution in [3.63, 3.8) is 0 Å². The number of methoxy groups -OCH3 is 1. The van der Waals surface area contributed by atoms with Gasteiger partial charge in [-0.15, -0.1) is 12.3 Å². The Morgan fingerprint density at radius 1 is 1.81 bits per heavy atom. The highest BCUT2D eigenvalue weighted by atomic mass is 16.5. The van der Waals surface area contributed by atoms with Crippen molar-refractivity contribution in [1.82, 2.24) is 10.5 Å². The van der Waals surface area contributed by atoms with Gasteiger partial charge >= 0.3 is 0 Å². The zero-order chi connectivity index (χ0) is 12.0. The molecular formula is C11H14N2O3. The minimum atomic E-state index is -0.297. The maximum atomic E-state index is 11.6. The number of nitrogens with one attached hydrogen (secondary N) is 1. The maximum Gasteiger partial charge on any atom is 0.273 e. The van der Waals surface area contributed by atoms with Crippen LogP contribution in [0.1, 0.15) is 29.6 Å². The van der Waals surface area contributed by atoms with E-state index >= 15 is 0 Å². The molecule has 0 aliphatic heterocycles. The van der Waals surface area contributed by atoms with Crippen molar-refractivity contribution in [2.75, 3.05) is 7.11 Å². The average molecular weight is 222 g/mol. The first-order chi connectivity index (χ1) is 7.67. The Morgan fingerprint density at radius 2 is 2.56 bits per heavy atom. The largest absolute Gasteiger partial charge is 0.377 e. The number of hydrogen-bond donors (Lipinski definition) is 1. The highest BCUT2D eigenvalue weighted by molar-refractivity contribution is 5.92. The fourth-order valence-corrected chi connectivity index (χ4v) is 1.16. The van der Waals surface area contributed by atoms with Gasteiger partial charge in [-0.2, -0.15) is 0 Å². The molecule has 0 bridgehead atoms. The first kappa shape index (κ1) is 12.3. The number of hydrogen-bond acceptors (Lipinski definition) is 4. The van der Waals surface area contributed by atoms with E-state index in [-0.39, 0.29) is 17.6 Å². The summed E-state index contributed by atoms with van der Waals surface area (Å²) in [5, 5.41) is 6.34. The van der Waals surface area contributed by atoms with Crippen molar-refractivity contribution in [2.45, 2.75) is 26.0 Å². The monoisotopic (exact) mass is 222 g/mol. The van der Waals surface area contributed by atoms with Crippen LogP contribution in [0.15, 0.2) is 10.6 Å². The van der Waals surface area contributed by atoms with Gasteiger partial charge in [0.1, 0.15) is 6.61 Å². The van der Waals surface area contributed by atoms with Crippen molar-refractivity contribution in [2.24, 2.45) is 0 Å². The lowest BCUT2D eigenvalue weighted by Gasteiger charge is -2.08. The molecule has 0 fully saturated rings. The molecule has 0 radical (unpaired) electrons. The molecule has 0 saturated heterocycles. The Kier molecular flexibility index (Phi) is 4.55. The van der Waals surface area contributed by atoms with Crippen molar-refractivity contribution >= 4 is 5.91 Å². The molecule has 0 spiro atoms. The lowest BCUT2D eigenvalue weighted by atomic mass is 10.2. The second-order valence-corrected chi connectivity index (χ2v) is 3.39. The van der Waals surface area contributed by atoms with Gasteiger partial charge in [0, 0.05) is 25.6 Å². The van der Waals surface area contributed by atoms with E-state index in [1.807, 2.05) is 6.92 Å². The third-order valence-corrected chi connectivity index (χ3v) is 1.88. The second kappa shape index (κ2) is 5.93. The summed E-state index contributed by atoms with van der Waals surface area (Å²) in [5.41, 5.74) is 0.232. The third kappa shape index (κ3) is 3.41. The molecule has 1 heterocycles. The van der Waals surface area contributed by atoms with Crippen molar-refractivity contribution in [3.8, 4) is 12.3 Å². The number of nitrogens with zero attached hydrogens (tertiary/aromatic N) is 1. The number of terminal acetylenes is 1. The Hall–Kier alpha value is -1.80. The summed E-state index contributed by atoms with van der Waals surface area (Å²) in [6.07, 6.45) is 5.62. The number of carbonyl (C=O) groups excluding carboxylic acids is 1. The minimum absolute atomic E-state index is 0.0833. The van der Waals surface area contributed by atoms with Crippen LogP contribution >= 0.6 is 0 Å². The van der Waals surface area contributed by atoms with E-state index in [2.05, 4.69) is 16.4 Å². The summed E-state index contributed by atoms with van der Waals surface area (Å²) in [6, 6.07) is 1.46. The Balaban J connectivity index is 2.56. The maximum absolute atomic E-state index is 11.6. The van der Waals surface area contributed by atoms with Crippen LogP contribution in [0.4, 0.5) is 0 Å². The van der Waals surface area contributed by atoms with Crippen molar-refractivity contribution < 1.29 is 14.1 Å². The van der Waals surface area contributed by atoms with Crippen molar-refractivity contribution in [3.05, 3.63) is 17.5 Å². The Morgan fingerprint density at radius 3 is 3.19 bits per heavy atom. The zero-order valence-electron chi connectivity index (χ0n) is 9.32. The van der Waals surface area contributed by atoms with Gasteiger partial charge in [0.15, 0.2) is 11.5 Å². The molecule has 16 heavy (non-hydrogen) atoms. The fraction of sp³-hybridized carbons (Fsp3) is 0.455. The van der Waals surface area contributed by atoms with E-state index < -0.39 is 0 Å². The molecular weight excluding hydrogens is 208 g/mol. The average Bonchev–Trinajstić information content (AvgIpc) is 2.67. The van der Waals surface area contributed by atoms with Gasteiger partial charge in [-0.05, 0) is 6.92 Å². The number of carbonyl (C=O) groups is 1. The molecule has 86 valence electrons. The van der Waals surface area contributed by atoms with Crippen LogP contribution in [0.3, 0.4) is 0 Å². The van der Waals surface area contributed by atoms with E-state index in [0.29, 0.717) is 18.8 Å². The van der Waals surface area contributed by atoms with Gasteiger partial charge in [-0.1, -0.05) is 5.16 Å². The number of ether oxygens (including phenoxy) is 1. The van der Waals surface area contributed by atoms with Crippen LogP contribution in [0.5, 0.6) is 0 Å².